The van der Waals surface area contributed by atoms with Gasteiger partial charge in [0.2, 0.25) is 11.9 Å². The van der Waals surface area contributed by atoms with Crippen molar-refractivity contribution in [2.45, 2.75) is 20.4 Å². The Balaban J connectivity index is 2.12. The number of aromatic nitrogens is 5. The molecule has 0 bridgehead atoms. The highest BCUT2D eigenvalue weighted by molar-refractivity contribution is 5.36. The normalized spacial score (nSPS) is 10.4. The molecule has 0 atom stereocenters. The molecule has 0 aromatic carbocycles. The van der Waals surface area contributed by atoms with Crippen LogP contribution >= 0.6 is 0 Å². The Kier molecular flexibility index (Phi) is 4.31. The molecule has 9 nitrogen and oxygen atoms in total. The lowest BCUT2D eigenvalue weighted by atomic mass is 10.2. The van der Waals surface area contributed by atoms with Crippen LogP contribution in [0, 0.1) is 6.92 Å². The molecular formula is C11H18N8O. The van der Waals surface area contributed by atoms with Crippen molar-refractivity contribution in [2.75, 3.05) is 17.3 Å². The second-order valence-corrected chi connectivity index (χ2v) is 4.07. The zero-order valence-corrected chi connectivity index (χ0v) is 11.7. The van der Waals surface area contributed by atoms with Crippen molar-refractivity contribution in [1.82, 2.24) is 24.7 Å². The molecule has 2 aromatic heterocycles. The minimum absolute atomic E-state index is 0.223. The van der Waals surface area contributed by atoms with Gasteiger partial charge < -0.3 is 10.1 Å². The maximum atomic E-state index is 5.32. The summed E-state index contributed by atoms with van der Waals surface area (Å²) in [6.45, 7) is 4.87. The first kappa shape index (κ1) is 14.0. The Hall–Kier alpha value is -2.42. The third-order valence-corrected chi connectivity index (χ3v) is 2.79. The highest BCUT2D eigenvalue weighted by atomic mass is 16.5. The van der Waals surface area contributed by atoms with Gasteiger partial charge >= 0.3 is 6.01 Å². The van der Waals surface area contributed by atoms with E-state index in [1.54, 1.807) is 6.20 Å². The molecule has 0 fully saturated rings. The highest BCUT2D eigenvalue weighted by Gasteiger charge is 2.08. The Morgan fingerprint density at radius 2 is 2.05 bits per heavy atom. The standard InChI is InChI=1S/C11H18N8O/c1-4-20-11-16-9(15-10(17-11)18-12)13-5-8-6-14-19(3)7(8)2/h6H,4-5,12H2,1-3H3,(H2,13,15,16,17,18). The molecule has 0 aliphatic carbocycles. The van der Waals surface area contributed by atoms with Gasteiger partial charge in [-0.15, -0.1) is 0 Å². The molecule has 4 N–H and O–H groups in total. The monoisotopic (exact) mass is 278 g/mol. The van der Waals surface area contributed by atoms with Crippen molar-refractivity contribution in [3.8, 4) is 6.01 Å². The van der Waals surface area contributed by atoms with E-state index in [-0.39, 0.29) is 12.0 Å². The summed E-state index contributed by atoms with van der Waals surface area (Å²) in [5.74, 6) is 5.95. The molecule has 0 saturated carbocycles. The van der Waals surface area contributed by atoms with E-state index in [1.807, 2.05) is 25.6 Å². The molecule has 0 saturated heterocycles. The minimum Gasteiger partial charge on any atom is -0.464 e. The van der Waals surface area contributed by atoms with Gasteiger partial charge in [-0.3, -0.25) is 10.1 Å². The fourth-order valence-electron chi connectivity index (χ4n) is 1.59. The van der Waals surface area contributed by atoms with E-state index in [0.717, 1.165) is 11.3 Å². The number of hydrogen-bond donors (Lipinski definition) is 3. The van der Waals surface area contributed by atoms with E-state index in [2.05, 4.69) is 30.8 Å². The Bertz CT molecular complexity index is 582. The van der Waals surface area contributed by atoms with Gasteiger partial charge in [0.05, 0.1) is 12.8 Å². The molecule has 0 aliphatic heterocycles. The van der Waals surface area contributed by atoms with Gasteiger partial charge in [0.15, 0.2) is 0 Å². The molecule has 20 heavy (non-hydrogen) atoms. The summed E-state index contributed by atoms with van der Waals surface area (Å²) in [6.07, 6.45) is 1.80. The molecule has 0 aliphatic rings. The van der Waals surface area contributed by atoms with E-state index >= 15 is 0 Å². The molecule has 108 valence electrons. The first-order chi connectivity index (χ1) is 9.63. The van der Waals surface area contributed by atoms with Gasteiger partial charge in [-0.1, -0.05) is 0 Å². The van der Waals surface area contributed by atoms with E-state index in [4.69, 9.17) is 10.6 Å². The second-order valence-electron chi connectivity index (χ2n) is 4.07. The molecule has 0 spiro atoms. The zero-order chi connectivity index (χ0) is 14.5. The van der Waals surface area contributed by atoms with Crippen LogP contribution in [-0.4, -0.2) is 31.3 Å². The van der Waals surface area contributed by atoms with Crippen LogP contribution in [0.25, 0.3) is 0 Å². The smallest absolute Gasteiger partial charge is 0.323 e. The van der Waals surface area contributed by atoms with Crippen LogP contribution < -0.4 is 21.3 Å². The molecule has 2 heterocycles. The van der Waals surface area contributed by atoms with E-state index in [9.17, 15) is 0 Å². The van der Waals surface area contributed by atoms with Crippen LogP contribution in [0.4, 0.5) is 11.9 Å². The first-order valence-electron chi connectivity index (χ1n) is 6.21. The van der Waals surface area contributed by atoms with Gasteiger partial charge in [0.1, 0.15) is 0 Å². The third-order valence-electron chi connectivity index (χ3n) is 2.79. The van der Waals surface area contributed by atoms with Crippen molar-refractivity contribution in [1.29, 1.82) is 0 Å². The molecule has 2 rings (SSSR count). The number of nitrogens with two attached hydrogens (primary N) is 1. The summed E-state index contributed by atoms with van der Waals surface area (Å²) in [7, 11) is 1.89. The number of ether oxygens (including phenoxy) is 1. The predicted octanol–water partition coefficient (Wildman–Crippen LogP) is 0.210. The fourth-order valence-corrected chi connectivity index (χ4v) is 1.59. The molecule has 0 amide bonds. The van der Waals surface area contributed by atoms with Gasteiger partial charge in [0, 0.05) is 24.8 Å². The predicted molar refractivity (Wildman–Crippen MR) is 74.1 cm³/mol. The molecular weight excluding hydrogens is 260 g/mol. The Labute approximate surface area is 116 Å². The largest absolute Gasteiger partial charge is 0.464 e. The summed E-state index contributed by atoms with van der Waals surface area (Å²) < 4.78 is 7.06. The molecule has 0 unspecified atom stereocenters. The molecule has 9 heteroatoms. The van der Waals surface area contributed by atoms with E-state index in [0.29, 0.717) is 19.1 Å². The summed E-state index contributed by atoms with van der Waals surface area (Å²) in [6, 6.07) is 0.223. The van der Waals surface area contributed by atoms with Crippen LogP contribution in [0.2, 0.25) is 0 Å². The minimum atomic E-state index is 0.223. The van der Waals surface area contributed by atoms with Crippen LogP contribution in [0.5, 0.6) is 6.01 Å². The number of rotatable bonds is 6. The second kappa shape index (κ2) is 6.15. The van der Waals surface area contributed by atoms with Gasteiger partial charge in [-0.05, 0) is 13.8 Å². The number of anilines is 2. The zero-order valence-electron chi connectivity index (χ0n) is 11.7. The molecule has 2 aromatic rings. The fraction of sp³-hybridized carbons (Fsp3) is 0.455. The van der Waals surface area contributed by atoms with E-state index < -0.39 is 0 Å². The highest BCUT2D eigenvalue weighted by Crippen LogP contribution is 2.12. The van der Waals surface area contributed by atoms with Gasteiger partial charge in [-0.2, -0.15) is 20.1 Å². The average Bonchev–Trinajstić information content (AvgIpc) is 2.77. The third kappa shape index (κ3) is 3.12. The molecule has 0 radical (unpaired) electrons. The van der Waals surface area contributed by atoms with Crippen molar-refractivity contribution < 1.29 is 4.74 Å². The summed E-state index contributed by atoms with van der Waals surface area (Å²) in [5, 5.41) is 7.27. The number of nitrogen functional groups attached to an aromatic ring is 1. The van der Waals surface area contributed by atoms with Crippen LogP contribution in [0.3, 0.4) is 0 Å². The topological polar surface area (TPSA) is 116 Å². The van der Waals surface area contributed by atoms with Crippen molar-refractivity contribution in [3.63, 3.8) is 0 Å². The summed E-state index contributed by atoms with van der Waals surface area (Å²) in [4.78, 5) is 12.2. The lowest BCUT2D eigenvalue weighted by Crippen LogP contribution is -2.14. The lowest BCUT2D eigenvalue weighted by Gasteiger charge is -2.08. The SMILES string of the molecule is CCOc1nc(NN)nc(NCc2cnn(C)c2C)n1. The first-order valence-corrected chi connectivity index (χ1v) is 6.21. The number of aryl methyl sites for hydroxylation is 1. The Morgan fingerprint density at radius 3 is 2.65 bits per heavy atom. The van der Waals surface area contributed by atoms with Crippen molar-refractivity contribution >= 4 is 11.9 Å². The lowest BCUT2D eigenvalue weighted by molar-refractivity contribution is 0.312. The maximum Gasteiger partial charge on any atom is 0.323 e. The number of hydrazine groups is 1. The summed E-state index contributed by atoms with van der Waals surface area (Å²) in [5.41, 5.74) is 4.52. The average molecular weight is 278 g/mol. The Morgan fingerprint density at radius 1 is 1.30 bits per heavy atom. The van der Waals surface area contributed by atoms with Crippen LogP contribution in [0.15, 0.2) is 6.20 Å². The maximum absolute atomic E-state index is 5.32. The van der Waals surface area contributed by atoms with E-state index in [1.165, 1.54) is 0 Å². The van der Waals surface area contributed by atoms with Crippen LogP contribution in [-0.2, 0) is 13.6 Å². The van der Waals surface area contributed by atoms with Crippen molar-refractivity contribution in [2.24, 2.45) is 12.9 Å². The number of hydrogen-bond acceptors (Lipinski definition) is 8. The van der Waals surface area contributed by atoms with Gasteiger partial charge in [0.25, 0.3) is 0 Å². The number of nitrogens with zero attached hydrogens (tertiary/aromatic N) is 5. The van der Waals surface area contributed by atoms with Gasteiger partial charge in [-0.25, -0.2) is 5.84 Å². The summed E-state index contributed by atoms with van der Waals surface area (Å²) >= 11 is 0. The quantitative estimate of drug-likeness (QED) is 0.507. The van der Waals surface area contributed by atoms with Crippen LogP contribution in [0.1, 0.15) is 18.2 Å². The number of nitrogens with one attached hydrogen (secondary N) is 2. The van der Waals surface area contributed by atoms with Crippen molar-refractivity contribution in [3.05, 3.63) is 17.5 Å².